The molecule has 1 aromatic heterocycles. The largest absolute Gasteiger partial charge is 0.487 e. The maximum Gasteiger partial charge on any atom is 0.411 e. The van der Waals surface area contributed by atoms with Crippen molar-refractivity contribution in [1.82, 2.24) is 19.7 Å². The fourth-order valence-corrected chi connectivity index (χ4v) is 8.52. The van der Waals surface area contributed by atoms with E-state index in [0.29, 0.717) is 48.1 Å². The number of ether oxygens (including phenoxy) is 4. The van der Waals surface area contributed by atoms with Gasteiger partial charge in [-0.2, -0.15) is 0 Å². The quantitative estimate of drug-likeness (QED) is 0.186. The van der Waals surface area contributed by atoms with E-state index in [9.17, 15) is 14.0 Å². The highest BCUT2D eigenvalue weighted by Gasteiger charge is 2.51. The molecule has 2 aromatic carbocycles. The van der Waals surface area contributed by atoms with E-state index in [4.69, 9.17) is 42.1 Å². The van der Waals surface area contributed by atoms with Gasteiger partial charge in [0.15, 0.2) is 5.75 Å². The molecule has 3 aromatic rings. The van der Waals surface area contributed by atoms with Crippen LogP contribution >= 0.6 is 34.5 Å². The van der Waals surface area contributed by atoms with Crippen molar-refractivity contribution in [2.45, 2.75) is 111 Å². The molecule has 2 bridgehead atoms. The fourth-order valence-electron chi connectivity index (χ4n) is 6.96. The average Bonchev–Trinajstić information content (AvgIpc) is 3.82. The first-order valence-corrected chi connectivity index (χ1v) is 20.3. The number of hydrogen-bond donors (Lipinski definition) is 0. The van der Waals surface area contributed by atoms with Crippen molar-refractivity contribution in [1.29, 1.82) is 0 Å². The molecule has 2 aliphatic heterocycles. The Morgan fingerprint density at radius 1 is 0.946 bits per heavy atom. The number of hydrogen-bond acceptors (Lipinski definition) is 9. The van der Waals surface area contributed by atoms with Crippen LogP contribution < -0.4 is 9.47 Å². The SMILES string of the molecule is Cc1cc(Cl)c(OCCOc2ncc(C3=C(C(=O)N(Cc4cccc(F)c4C)C4CC4)[C@H]4CN(C(=O)OC(C)(C)C)CC(C3)N4C(=O)OC(C)(C)C)s2)c(Cl)c1. The average molecular weight is 832 g/mol. The molecule has 6 rings (SSSR count). The summed E-state index contributed by atoms with van der Waals surface area (Å²) < 4.78 is 38.3. The van der Waals surface area contributed by atoms with E-state index in [1.807, 2.05) is 13.0 Å². The van der Waals surface area contributed by atoms with Gasteiger partial charge in [-0.15, -0.1) is 0 Å². The number of aromatic nitrogens is 1. The van der Waals surface area contributed by atoms with Crippen LogP contribution in [0.1, 0.15) is 82.4 Å². The lowest BCUT2D eigenvalue weighted by Gasteiger charge is -2.51. The van der Waals surface area contributed by atoms with Gasteiger partial charge < -0.3 is 28.7 Å². The zero-order valence-corrected chi connectivity index (χ0v) is 35.4. The summed E-state index contributed by atoms with van der Waals surface area (Å²) >= 11 is 14.0. The number of carbonyl (C=O) groups excluding carboxylic acids is 3. The Hall–Kier alpha value is -4.07. The standard InChI is InChI=1S/C41H49Cl2FN4O7S/c1-23-16-29(42)35(30(43)17-23)52-14-15-53-37-45-19-33(56-37)28-18-27-21-46(38(50)54-40(3,4)5)22-32(48(27)39(51)55-41(6,7)8)34(28)36(49)47(26-12-13-26)20-25-10-9-11-31(44)24(25)2/h9-11,16-17,19,26-27,32H,12-15,18,20-22H2,1-8H3/t27?,32-/m1/s1. The second kappa shape index (κ2) is 16.4. The van der Waals surface area contributed by atoms with Gasteiger partial charge >= 0.3 is 12.2 Å². The molecule has 11 nitrogen and oxygen atoms in total. The number of amides is 3. The second-order valence-electron chi connectivity index (χ2n) is 16.5. The van der Waals surface area contributed by atoms with Crippen molar-refractivity contribution in [2.75, 3.05) is 26.3 Å². The zero-order valence-electron chi connectivity index (χ0n) is 33.0. The van der Waals surface area contributed by atoms with Crippen LogP contribution in [-0.2, 0) is 20.8 Å². The van der Waals surface area contributed by atoms with Gasteiger partial charge in [0.25, 0.3) is 11.1 Å². The Balaban J connectivity index is 1.37. The fraction of sp³-hybridized carbons (Fsp3) is 0.512. The molecule has 1 aliphatic carbocycles. The molecular formula is C41H49Cl2FN4O7S. The molecule has 3 heterocycles. The molecule has 302 valence electrons. The molecule has 1 saturated heterocycles. The maximum absolute atomic E-state index is 15.2. The highest BCUT2D eigenvalue weighted by Crippen LogP contribution is 2.44. The van der Waals surface area contributed by atoms with E-state index in [0.717, 1.165) is 18.4 Å². The number of thiazole rings is 1. The Labute approximate surface area is 341 Å². The molecule has 1 unspecified atom stereocenters. The van der Waals surface area contributed by atoms with Gasteiger partial charge in [-0.25, -0.2) is 19.0 Å². The molecule has 2 atom stereocenters. The van der Waals surface area contributed by atoms with Crippen molar-refractivity contribution < 1.29 is 37.7 Å². The van der Waals surface area contributed by atoms with Gasteiger partial charge in [0.1, 0.15) is 30.2 Å². The molecule has 0 N–H and O–H groups in total. The van der Waals surface area contributed by atoms with Crippen LogP contribution in [0.3, 0.4) is 0 Å². The molecule has 15 heteroatoms. The predicted molar refractivity (Wildman–Crippen MR) is 214 cm³/mol. The van der Waals surface area contributed by atoms with Crippen LogP contribution in [0.4, 0.5) is 14.0 Å². The van der Waals surface area contributed by atoms with Crippen LogP contribution in [0.15, 0.2) is 42.1 Å². The summed E-state index contributed by atoms with van der Waals surface area (Å²) in [4.78, 5) is 53.1. The molecule has 0 radical (unpaired) electrons. The van der Waals surface area contributed by atoms with Gasteiger partial charge in [-0.05, 0) is 115 Å². The number of rotatable bonds is 10. The first kappa shape index (κ1) is 41.6. The number of fused-ring (bicyclic) bond motifs is 2. The molecule has 3 amide bonds. The normalized spacial score (nSPS) is 18.5. The minimum atomic E-state index is -0.883. The molecule has 0 spiro atoms. The summed E-state index contributed by atoms with van der Waals surface area (Å²) in [5.41, 5.74) is 1.54. The third-order valence-corrected chi connectivity index (χ3v) is 11.1. The molecular weight excluding hydrogens is 782 g/mol. The van der Waals surface area contributed by atoms with E-state index in [2.05, 4.69) is 4.98 Å². The van der Waals surface area contributed by atoms with E-state index in [1.54, 1.807) is 87.6 Å². The van der Waals surface area contributed by atoms with Crippen LogP contribution in [0, 0.1) is 19.7 Å². The number of benzene rings is 2. The Kier molecular flexibility index (Phi) is 12.2. The van der Waals surface area contributed by atoms with E-state index >= 15 is 4.79 Å². The minimum Gasteiger partial charge on any atom is -0.487 e. The summed E-state index contributed by atoms with van der Waals surface area (Å²) in [6.45, 7) is 14.9. The number of halogens is 3. The summed E-state index contributed by atoms with van der Waals surface area (Å²) in [7, 11) is 0. The van der Waals surface area contributed by atoms with Gasteiger partial charge in [0, 0.05) is 37.4 Å². The lowest BCUT2D eigenvalue weighted by molar-refractivity contribution is -0.129. The number of nitrogens with zero attached hydrogens (tertiary/aromatic N) is 4. The maximum atomic E-state index is 15.2. The first-order valence-electron chi connectivity index (χ1n) is 18.7. The highest BCUT2D eigenvalue weighted by molar-refractivity contribution is 7.14. The minimum absolute atomic E-state index is 0.00361. The smallest absolute Gasteiger partial charge is 0.411 e. The predicted octanol–water partition coefficient (Wildman–Crippen LogP) is 9.24. The molecule has 56 heavy (non-hydrogen) atoms. The van der Waals surface area contributed by atoms with Gasteiger partial charge in [-0.1, -0.05) is 46.7 Å². The molecule has 1 saturated carbocycles. The van der Waals surface area contributed by atoms with E-state index in [1.165, 1.54) is 17.4 Å². The Morgan fingerprint density at radius 3 is 2.23 bits per heavy atom. The molecule has 2 fully saturated rings. The van der Waals surface area contributed by atoms with Crippen molar-refractivity contribution >= 4 is 58.2 Å². The Bertz CT molecular complexity index is 2000. The van der Waals surface area contributed by atoms with E-state index < -0.39 is 35.5 Å². The lowest BCUT2D eigenvalue weighted by atomic mass is 9.83. The van der Waals surface area contributed by atoms with Crippen LogP contribution in [-0.4, -0.2) is 93.4 Å². The number of aryl methyl sites for hydroxylation is 1. The summed E-state index contributed by atoms with van der Waals surface area (Å²) in [6, 6.07) is 6.89. The second-order valence-corrected chi connectivity index (χ2v) is 18.3. The number of piperazine rings is 1. The topological polar surface area (TPSA) is 111 Å². The van der Waals surface area contributed by atoms with Gasteiger partial charge in [-0.3, -0.25) is 9.69 Å². The summed E-state index contributed by atoms with van der Waals surface area (Å²) in [5.74, 6) is -0.284. The Morgan fingerprint density at radius 2 is 1.59 bits per heavy atom. The number of carbonyl (C=O) groups is 3. The van der Waals surface area contributed by atoms with Crippen molar-refractivity contribution in [3.8, 4) is 10.9 Å². The first-order chi connectivity index (χ1) is 26.3. The summed E-state index contributed by atoms with van der Waals surface area (Å²) in [5, 5.41) is 1.16. The van der Waals surface area contributed by atoms with Crippen LogP contribution in [0.5, 0.6) is 10.9 Å². The van der Waals surface area contributed by atoms with Crippen LogP contribution in [0.2, 0.25) is 10.0 Å². The highest BCUT2D eigenvalue weighted by atomic mass is 35.5. The third kappa shape index (κ3) is 9.71. The monoisotopic (exact) mass is 830 g/mol. The van der Waals surface area contributed by atoms with Gasteiger partial charge in [0.2, 0.25) is 0 Å². The lowest BCUT2D eigenvalue weighted by Crippen LogP contribution is -2.66. The third-order valence-electron chi connectivity index (χ3n) is 9.59. The van der Waals surface area contributed by atoms with Crippen LogP contribution in [0.25, 0.3) is 5.57 Å². The van der Waals surface area contributed by atoms with Crippen molar-refractivity contribution in [2.24, 2.45) is 0 Å². The zero-order chi connectivity index (χ0) is 40.7. The van der Waals surface area contributed by atoms with Crippen molar-refractivity contribution in [3.63, 3.8) is 0 Å². The van der Waals surface area contributed by atoms with Crippen molar-refractivity contribution in [3.05, 3.63) is 79.5 Å². The van der Waals surface area contributed by atoms with E-state index in [-0.39, 0.29) is 57.0 Å². The van der Waals surface area contributed by atoms with Gasteiger partial charge in [0.05, 0.1) is 27.0 Å². The molecule has 3 aliphatic rings. The summed E-state index contributed by atoms with van der Waals surface area (Å²) in [6.07, 6.45) is 2.35.